The van der Waals surface area contributed by atoms with Crippen molar-refractivity contribution in [2.45, 2.75) is 20.3 Å². The summed E-state index contributed by atoms with van der Waals surface area (Å²) in [6, 6.07) is 10.7. The molecule has 5 heteroatoms. The summed E-state index contributed by atoms with van der Waals surface area (Å²) in [5.41, 5.74) is 2.03. The zero-order valence-electron chi connectivity index (χ0n) is 14.2. The van der Waals surface area contributed by atoms with Crippen LogP contribution in [0, 0.1) is 5.92 Å². The van der Waals surface area contributed by atoms with Gasteiger partial charge in [0.25, 0.3) is 0 Å². The fourth-order valence-corrected chi connectivity index (χ4v) is 2.36. The molecular weight excluding hydrogens is 326 g/mol. The Morgan fingerprint density at radius 2 is 1.88 bits per heavy atom. The predicted octanol–water partition coefficient (Wildman–Crippen LogP) is 4.19. The Kier molecular flexibility index (Phi) is 6.76. The Balaban J connectivity index is 2.01. The van der Waals surface area contributed by atoms with Gasteiger partial charge in [-0.3, -0.25) is 4.79 Å². The van der Waals surface area contributed by atoms with E-state index < -0.39 is 0 Å². The van der Waals surface area contributed by atoms with Crippen molar-refractivity contribution in [1.82, 2.24) is 4.98 Å². The van der Waals surface area contributed by atoms with Gasteiger partial charge in [0.1, 0.15) is 10.7 Å². The first-order valence-corrected chi connectivity index (χ1v) is 8.31. The lowest BCUT2D eigenvalue weighted by atomic mass is 10.0. The van der Waals surface area contributed by atoms with Gasteiger partial charge in [0.15, 0.2) is 0 Å². The molecule has 1 aromatic heterocycles. The van der Waals surface area contributed by atoms with Crippen LogP contribution in [0.15, 0.2) is 36.4 Å². The minimum absolute atomic E-state index is 0.160. The summed E-state index contributed by atoms with van der Waals surface area (Å²) < 4.78 is 10.6. The zero-order chi connectivity index (χ0) is 17.5. The van der Waals surface area contributed by atoms with E-state index in [1.165, 1.54) is 7.11 Å². The van der Waals surface area contributed by atoms with Crippen LogP contribution >= 0.6 is 11.6 Å². The molecule has 1 heterocycles. The van der Waals surface area contributed by atoms with E-state index in [9.17, 15) is 4.79 Å². The van der Waals surface area contributed by atoms with Crippen molar-refractivity contribution < 1.29 is 14.3 Å². The van der Waals surface area contributed by atoms with Gasteiger partial charge >= 0.3 is 0 Å². The number of carbonyl (C=O) groups is 1. The summed E-state index contributed by atoms with van der Waals surface area (Å²) in [5.74, 6) is 0.628. The fourth-order valence-electron chi connectivity index (χ4n) is 2.17. The van der Waals surface area contributed by atoms with Crippen LogP contribution in [-0.4, -0.2) is 31.1 Å². The first kappa shape index (κ1) is 18.4. The van der Waals surface area contributed by atoms with Crippen molar-refractivity contribution in [1.29, 1.82) is 0 Å². The molecule has 0 N–H and O–H groups in total. The first-order valence-electron chi connectivity index (χ1n) is 7.93. The molecular formula is C19H22ClNO3. The second-order valence-electron chi connectivity index (χ2n) is 5.93. The number of hydrogen-bond donors (Lipinski definition) is 0. The maximum atomic E-state index is 12.5. The molecule has 24 heavy (non-hydrogen) atoms. The molecule has 0 spiro atoms. The summed E-state index contributed by atoms with van der Waals surface area (Å²) in [6.45, 7) is 5.70. The van der Waals surface area contributed by atoms with E-state index in [1.54, 1.807) is 12.1 Å². The monoisotopic (exact) mass is 347 g/mol. The number of ether oxygens (including phenoxy) is 2. The summed E-state index contributed by atoms with van der Waals surface area (Å²) in [4.78, 5) is 16.6. The van der Waals surface area contributed by atoms with Crippen LogP contribution in [0.2, 0.25) is 5.02 Å². The third-order valence-corrected chi connectivity index (χ3v) is 3.73. The summed E-state index contributed by atoms with van der Waals surface area (Å²) in [7, 11) is 1.47. The number of ketones is 1. The molecule has 0 saturated heterocycles. The highest BCUT2D eigenvalue weighted by atomic mass is 35.5. The van der Waals surface area contributed by atoms with Gasteiger partial charge in [-0.2, -0.15) is 0 Å². The number of aromatic nitrogens is 1. The van der Waals surface area contributed by atoms with Crippen LogP contribution in [0.4, 0.5) is 0 Å². The van der Waals surface area contributed by atoms with E-state index in [2.05, 4.69) is 18.8 Å². The Hall–Kier alpha value is -1.91. The number of rotatable bonds is 8. The number of methoxy groups -OCH3 is 1. The second-order valence-corrected chi connectivity index (χ2v) is 6.34. The third-order valence-electron chi connectivity index (χ3n) is 3.44. The third kappa shape index (κ3) is 5.05. The largest absolute Gasteiger partial charge is 0.480 e. The van der Waals surface area contributed by atoms with Crippen molar-refractivity contribution >= 4 is 17.4 Å². The molecule has 0 amide bonds. The van der Waals surface area contributed by atoms with E-state index in [1.807, 2.05) is 24.3 Å². The predicted molar refractivity (Wildman–Crippen MR) is 95.0 cm³/mol. The normalized spacial score (nSPS) is 10.9. The smallest absolute Gasteiger partial charge is 0.232 e. The summed E-state index contributed by atoms with van der Waals surface area (Å²) in [6.07, 6.45) is 0.828. The molecule has 0 atom stereocenters. The molecule has 2 rings (SSSR count). The zero-order valence-corrected chi connectivity index (χ0v) is 15.0. The Morgan fingerprint density at radius 1 is 1.17 bits per heavy atom. The van der Waals surface area contributed by atoms with Crippen molar-refractivity contribution in [2.24, 2.45) is 5.92 Å². The second kappa shape index (κ2) is 8.81. The highest BCUT2D eigenvalue weighted by Gasteiger charge is 2.13. The number of benzene rings is 1. The maximum absolute atomic E-state index is 12.5. The Labute approximate surface area is 147 Å². The lowest BCUT2D eigenvalue weighted by Gasteiger charge is -2.08. The standard InChI is InChI=1S/C19H22ClNO3/c1-13(2)12-24-11-10-14-4-6-15(7-5-14)18(22)17-9-8-16(20)19(21-17)23-3/h4-9,13H,10-12H2,1-3H3. The molecule has 0 aliphatic heterocycles. The van der Waals surface area contributed by atoms with Gasteiger partial charge in [-0.05, 0) is 30.0 Å². The van der Waals surface area contributed by atoms with E-state index in [0.29, 0.717) is 28.8 Å². The van der Waals surface area contributed by atoms with Gasteiger partial charge in [-0.25, -0.2) is 4.98 Å². The molecule has 0 aliphatic rings. The minimum Gasteiger partial charge on any atom is -0.480 e. The van der Waals surface area contributed by atoms with Gasteiger partial charge in [0.2, 0.25) is 11.7 Å². The van der Waals surface area contributed by atoms with Crippen molar-refractivity contribution in [3.8, 4) is 5.88 Å². The molecule has 2 aromatic rings. The lowest BCUT2D eigenvalue weighted by Crippen LogP contribution is -2.07. The van der Waals surface area contributed by atoms with Crippen molar-refractivity contribution in [2.75, 3.05) is 20.3 Å². The first-order chi connectivity index (χ1) is 11.5. The van der Waals surface area contributed by atoms with Gasteiger partial charge in [-0.1, -0.05) is 49.7 Å². The van der Waals surface area contributed by atoms with Crippen LogP contribution in [0.25, 0.3) is 0 Å². The van der Waals surface area contributed by atoms with Crippen molar-refractivity contribution in [3.63, 3.8) is 0 Å². The molecule has 0 fully saturated rings. The van der Waals surface area contributed by atoms with Gasteiger partial charge in [-0.15, -0.1) is 0 Å². The summed E-state index contributed by atoms with van der Waals surface area (Å²) in [5, 5.41) is 0.380. The van der Waals surface area contributed by atoms with Gasteiger partial charge < -0.3 is 9.47 Å². The molecule has 1 aromatic carbocycles. The molecule has 4 nitrogen and oxygen atoms in total. The van der Waals surface area contributed by atoms with Crippen LogP contribution in [0.3, 0.4) is 0 Å². The molecule has 0 aliphatic carbocycles. The molecule has 0 radical (unpaired) electrons. The number of pyridine rings is 1. The minimum atomic E-state index is -0.160. The molecule has 128 valence electrons. The van der Waals surface area contributed by atoms with E-state index in [-0.39, 0.29) is 11.7 Å². The number of nitrogens with zero attached hydrogens (tertiary/aromatic N) is 1. The SMILES string of the molecule is COc1nc(C(=O)c2ccc(CCOCC(C)C)cc2)ccc1Cl. The lowest BCUT2D eigenvalue weighted by molar-refractivity contribution is 0.103. The van der Waals surface area contributed by atoms with E-state index in [0.717, 1.165) is 18.6 Å². The van der Waals surface area contributed by atoms with Crippen molar-refractivity contribution in [3.05, 3.63) is 58.2 Å². The van der Waals surface area contributed by atoms with Crippen LogP contribution in [0.1, 0.15) is 35.5 Å². The maximum Gasteiger partial charge on any atom is 0.232 e. The molecule has 0 bridgehead atoms. The number of halogens is 1. The van der Waals surface area contributed by atoms with Crippen LogP contribution < -0.4 is 4.74 Å². The fraction of sp³-hybridized carbons (Fsp3) is 0.368. The highest BCUT2D eigenvalue weighted by Crippen LogP contribution is 2.22. The van der Waals surface area contributed by atoms with Gasteiger partial charge in [0.05, 0.1) is 13.7 Å². The van der Waals surface area contributed by atoms with Gasteiger partial charge in [0, 0.05) is 12.2 Å². The quantitative estimate of drug-likeness (QED) is 0.530. The topological polar surface area (TPSA) is 48.4 Å². The average molecular weight is 348 g/mol. The molecule has 0 saturated carbocycles. The summed E-state index contributed by atoms with van der Waals surface area (Å²) >= 11 is 5.94. The number of carbonyl (C=O) groups excluding carboxylic acids is 1. The van der Waals surface area contributed by atoms with E-state index in [4.69, 9.17) is 21.1 Å². The average Bonchev–Trinajstić information content (AvgIpc) is 2.59. The van der Waals surface area contributed by atoms with Crippen LogP contribution in [0.5, 0.6) is 5.88 Å². The van der Waals surface area contributed by atoms with E-state index >= 15 is 0 Å². The molecule has 0 unspecified atom stereocenters. The Bertz CT molecular complexity index is 684. The highest BCUT2D eigenvalue weighted by molar-refractivity contribution is 6.31. The van der Waals surface area contributed by atoms with Crippen LogP contribution in [-0.2, 0) is 11.2 Å². The number of hydrogen-bond acceptors (Lipinski definition) is 4. The Morgan fingerprint density at radius 3 is 2.50 bits per heavy atom.